The molecule has 0 atom stereocenters. The molecular formula is C13H7FN3O2. The summed E-state index contributed by atoms with van der Waals surface area (Å²) in [6.07, 6.45) is 2.62. The first-order valence-electron chi connectivity index (χ1n) is 5.38. The second kappa shape index (κ2) is 4.16. The average molecular weight is 256 g/mol. The number of hydrogen-bond donors (Lipinski definition) is 1. The van der Waals surface area contributed by atoms with E-state index in [-0.39, 0.29) is 17.4 Å². The lowest BCUT2D eigenvalue weighted by molar-refractivity contribution is 0.0990. The number of carbonyl (C=O) groups excluding carboxylic acids is 1. The van der Waals surface area contributed by atoms with Crippen LogP contribution in [0, 0.1) is 12.0 Å². The zero-order chi connectivity index (χ0) is 13.4. The summed E-state index contributed by atoms with van der Waals surface area (Å²) in [6.45, 7) is 0. The summed E-state index contributed by atoms with van der Waals surface area (Å²) < 4.78 is 18.3. The van der Waals surface area contributed by atoms with E-state index >= 15 is 0 Å². The Labute approximate surface area is 106 Å². The van der Waals surface area contributed by atoms with E-state index in [1.54, 1.807) is 18.2 Å². The maximum absolute atomic E-state index is 12.8. The third-order valence-corrected chi connectivity index (χ3v) is 2.55. The third kappa shape index (κ3) is 2.03. The van der Waals surface area contributed by atoms with Crippen LogP contribution in [0.1, 0.15) is 10.6 Å². The van der Waals surface area contributed by atoms with Gasteiger partial charge in [-0.15, -0.1) is 0 Å². The van der Waals surface area contributed by atoms with Crippen LogP contribution in [-0.4, -0.2) is 15.9 Å². The second-order valence-electron chi connectivity index (χ2n) is 3.86. The Morgan fingerprint density at radius 3 is 2.74 bits per heavy atom. The molecule has 6 heteroatoms. The average Bonchev–Trinajstić information content (AvgIpc) is 2.82. The van der Waals surface area contributed by atoms with Gasteiger partial charge >= 0.3 is 0 Å². The van der Waals surface area contributed by atoms with Crippen molar-refractivity contribution in [2.45, 2.75) is 0 Å². The Bertz CT molecular complexity index is 765. The SMILES string of the molecule is NC(=O)c1n[c]c2cc(-c3ccc(F)cc3)oc2n1. The van der Waals surface area contributed by atoms with Crippen molar-refractivity contribution < 1.29 is 13.6 Å². The monoisotopic (exact) mass is 256 g/mol. The van der Waals surface area contributed by atoms with Crippen LogP contribution in [0.5, 0.6) is 0 Å². The highest BCUT2D eigenvalue weighted by molar-refractivity contribution is 5.90. The van der Waals surface area contributed by atoms with E-state index < -0.39 is 5.91 Å². The molecule has 2 aromatic heterocycles. The molecule has 0 saturated carbocycles. The van der Waals surface area contributed by atoms with Crippen LogP contribution in [0.3, 0.4) is 0 Å². The van der Waals surface area contributed by atoms with Gasteiger partial charge in [0, 0.05) is 5.56 Å². The van der Waals surface area contributed by atoms with Gasteiger partial charge in [0.15, 0.2) is 0 Å². The fraction of sp³-hybridized carbons (Fsp3) is 0. The number of fused-ring (bicyclic) bond motifs is 1. The van der Waals surface area contributed by atoms with Crippen molar-refractivity contribution in [1.29, 1.82) is 0 Å². The van der Waals surface area contributed by atoms with Gasteiger partial charge in [-0.05, 0) is 30.3 Å². The second-order valence-corrected chi connectivity index (χ2v) is 3.86. The third-order valence-electron chi connectivity index (χ3n) is 2.55. The number of furan rings is 1. The van der Waals surface area contributed by atoms with Crippen molar-refractivity contribution in [2.75, 3.05) is 0 Å². The van der Waals surface area contributed by atoms with Crippen molar-refractivity contribution in [3.63, 3.8) is 0 Å². The van der Waals surface area contributed by atoms with Gasteiger partial charge in [0.05, 0.1) is 5.39 Å². The van der Waals surface area contributed by atoms with E-state index in [1.165, 1.54) is 12.1 Å². The molecule has 0 aliphatic carbocycles. The molecule has 1 aromatic carbocycles. The smallest absolute Gasteiger partial charge is 0.286 e. The van der Waals surface area contributed by atoms with Gasteiger partial charge in [0.1, 0.15) is 17.8 Å². The molecule has 93 valence electrons. The van der Waals surface area contributed by atoms with Crippen molar-refractivity contribution in [3.05, 3.63) is 48.2 Å². The molecule has 0 unspecified atom stereocenters. The van der Waals surface area contributed by atoms with E-state index in [4.69, 9.17) is 10.2 Å². The summed E-state index contributed by atoms with van der Waals surface area (Å²) in [6, 6.07) is 7.47. The fourth-order valence-electron chi connectivity index (χ4n) is 1.65. The van der Waals surface area contributed by atoms with E-state index in [2.05, 4.69) is 16.2 Å². The Balaban J connectivity index is 2.11. The summed E-state index contributed by atoms with van der Waals surface area (Å²) in [5.74, 6) is -0.755. The van der Waals surface area contributed by atoms with Gasteiger partial charge in [-0.2, -0.15) is 4.98 Å². The Morgan fingerprint density at radius 1 is 1.32 bits per heavy atom. The van der Waals surface area contributed by atoms with Crippen molar-refractivity contribution in [2.24, 2.45) is 5.73 Å². The van der Waals surface area contributed by atoms with Gasteiger partial charge in [-0.25, -0.2) is 9.37 Å². The standard InChI is InChI=1S/C13H7FN3O2/c14-9-3-1-7(2-4-9)10-5-8-6-16-12(11(15)18)17-13(8)19-10/h1-5H,(H2,15,18). The van der Waals surface area contributed by atoms with E-state index in [9.17, 15) is 9.18 Å². The Kier molecular flexibility index (Phi) is 2.49. The first-order valence-corrected chi connectivity index (χ1v) is 5.38. The summed E-state index contributed by atoms with van der Waals surface area (Å²) in [4.78, 5) is 18.5. The van der Waals surface area contributed by atoms with E-state index in [0.29, 0.717) is 16.7 Å². The Morgan fingerprint density at radius 2 is 2.05 bits per heavy atom. The number of benzene rings is 1. The number of halogens is 1. The lowest BCUT2D eigenvalue weighted by Crippen LogP contribution is -2.14. The highest BCUT2D eigenvalue weighted by atomic mass is 19.1. The number of nitrogens with zero attached hydrogens (tertiary/aromatic N) is 2. The van der Waals surface area contributed by atoms with Crippen LogP contribution in [-0.2, 0) is 0 Å². The molecule has 5 nitrogen and oxygen atoms in total. The number of primary amides is 1. The van der Waals surface area contributed by atoms with Gasteiger partial charge in [-0.1, -0.05) is 0 Å². The molecule has 3 aromatic rings. The molecule has 0 fully saturated rings. The molecule has 0 aliphatic heterocycles. The molecule has 2 N–H and O–H groups in total. The van der Waals surface area contributed by atoms with Crippen molar-refractivity contribution in [1.82, 2.24) is 9.97 Å². The minimum Gasteiger partial charge on any atom is -0.438 e. The summed E-state index contributed by atoms with van der Waals surface area (Å²) >= 11 is 0. The molecule has 0 saturated heterocycles. The highest BCUT2D eigenvalue weighted by Gasteiger charge is 2.11. The molecule has 1 amide bonds. The minimum absolute atomic E-state index is 0.160. The largest absolute Gasteiger partial charge is 0.438 e. The molecule has 3 rings (SSSR count). The minimum atomic E-state index is -0.752. The lowest BCUT2D eigenvalue weighted by Gasteiger charge is -1.94. The van der Waals surface area contributed by atoms with Gasteiger partial charge < -0.3 is 10.2 Å². The number of carbonyl (C=O) groups is 1. The van der Waals surface area contributed by atoms with Crippen LogP contribution >= 0.6 is 0 Å². The number of amides is 1. The highest BCUT2D eigenvalue weighted by Crippen LogP contribution is 2.26. The molecule has 0 spiro atoms. The zero-order valence-electron chi connectivity index (χ0n) is 9.55. The molecule has 1 radical (unpaired) electrons. The van der Waals surface area contributed by atoms with Gasteiger partial charge in [0.25, 0.3) is 5.91 Å². The van der Waals surface area contributed by atoms with E-state index in [1.807, 2.05) is 0 Å². The summed E-state index contributed by atoms with van der Waals surface area (Å²) in [5, 5.41) is 0.518. The zero-order valence-corrected chi connectivity index (χ0v) is 9.55. The normalized spacial score (nSPS) is 10.8. The fourth-order valence-corrected chi connectivity index (χ4v) is 1.65. The van der Waals surface area contributed by atoms with Crippen LogP contribution in [0.4, 0.5) is 4.39 Å². The number of nitrogens with two attached hydrogens (primary N) is 1. The quantitative estimate of drug-likeness (QED) is 0.759. The maximum atomic E-state index is 12.8. The van der Waals surface area contributed by atoms with Crippen LogP contribution < -0.4 is 5.73 Å². The lowest BCUT2D eigenvalue weighted by atomic mass is 10.1. The predicted molar refractivity (Wildman–Crippen MR) is 64.6 cm³/mol. The molecule has 2 heterocycles. The molecular weight excluding hydrogens is 249 g/mol. The number of aromatic nitrogens is 2. The van der Waals surface area contributed by atoms with E-state index in [0.717, 1.165) is 0 Å². The molecule has 0 bridgehead atoms. The summed E-state index contributed by atoms with van der Waals surface area (Å²) in [7, 11) is 0. The molecule has 19 heavy (non-hydrogen) atoms. The van der Waals surface area contributed by atoms with Crippen molar-refractivity contribution in [3.8, 4) is 11.3 Å². The maximum Gasteiger partial charge on any atom is 0.286 e. The van der Waals surface area contributed by atoms with Gasteiger partial charge in [0.2, 0.25) is 11.5 Å². The van der Waals surface area contributed by atoms with Gasteiger partial charge in [-0.3, -0.25) is 4.79 Å². The topological polar surface area (TPSA) is 82.0 Å². The first kappa shape index (κ1) is 11.3. The first-order chi connectivity index (χ1) is 9.13. The Hall–Kier alpha value is -2.76. The van der Waals surface area contributed by atoms with Crippen LogP contribution in [0.2, 0.25) is 0 Å². The number of hydrogen-bond acceptors (Lipinski definition) is 4. The predicted octanol–water partition coefficient (Wildman–Crippen LogP) is 1.93. The molecule has 0 aliphatic rings. The number of rotatable bonds is 2. The van der Waals surface area contributed by atoms with Crippen LogP contribution in [0.15, 0.2) is 34.7 Å². The van der Waals surface area contributed by atoms with Crippen molar-refractivity contribution >= 4 is 17.0 Å². The summed E-state index contributed by atoms with van der Waals surface area (Å²) in [5.41, 5.74) is 5.97. The van der Waals surface area contributed by atoms with Crippen LogP contribution in [0.25, 0.3) is 22.4 Å².